The van der Waals surface area contributed by atoms with Crippen LogP contribution < -0.4 is 4.90 Å². The summed E-state index contributed by atoms with van der Waals surface area (Å²) < 4.78 is 0. The smallest absolute Gasteiger partial charge is 0.125 e. The number of hydrogen-bond donors (Lipinski definition) is 0. The van der Waals surface area contributed by atoms with Crippen molar-refractivity contribution in [2.24, 2.45) is 0 Å². The highest BCUT2D eigenvalue weighted by Gasteiger charge is 2.19. The Balaban J connectivity index is 2.34. The molecule has 0 atom stereocenters. The fourth-order valence-electron chi connectivity index (χ4n) is 2.55. The lowest BCUT2D eigenvalue weighted by atomic mass is 10.1. The SMILES string of the molecule is C=C/C=C(\C=C/C)c1nc(CC)c(N2CCCCC2)s1. The van der Waals surface area contributed by atoms with Crippen LogP contribution in [0.25, 0.3) is 5.57 Å². The van der Waals surface area contributed by atoms with Gasteiger partial charge in [0.25, 0.3) is 0 Å². The molecule has 1 saturated heterocycles. The first-order chi connectivity index (χ1) is 9.80. The number of aryl methyl sites for hydroxylation is 1. The van der Waals surface area contributed by atoms with E-state index in [0.29, 0.717) is 0 Å². The van der Waals surface area contributed by atoms with Gasteiger partial charge in [0.15, 0.2) is 0 Å². The average Bonchev–Trinajstić information content (AvgIpc) is 2.92. The standard InChI is InChI=1S/C17H24N2S/c1-4-10-14(11-5-2)16-18-15(6-3)17(20-16)19-12-8-7-9-13-19/h4-5,10-11H,1,6-9,12-13H2,2-3H3/b11-5-,14-10+. The molecule has 0 spiro atoms. The summed E-state index contributed by atoms with van der Waals surface area (Å²) in [5, 5.41) is 2.49. The van der Waals surface area contributed by atoms with Crippen LogP contribution in [0.15, 0.2) is 30.9 Å². The third kappa shape index (κ3) is 3.40. The molecule has 1 aromatic rings. The van der Waals surface area contributed by atoms with Gasteiger partial charge in [-0.05, 0) is 32.6 Å². The largest absolute Gasteiger partial charge is 0.362 e. The molecule has 0 unspecified atom stereocenters. The molecule has 108 valence electrons. The predicted molar refractivity (Wildman–Crippen MR) is 90.5 cm³/mol. The first-order valence-electron chi connectivity index (χ1n) is 7.50. The summed E-state index contributed by atoms with van der Waals surface area (Å²) in [6.07, 6.45) is 13.0. The first-order valence-corrected chi connectivity index (χ1v) is 8.32. The van der Waals surface area contributed by atoms with Gasteiger partial charge in [-0.3, -0.25) is 0 Å². The van der Waals surface area contributed by atoms with E-state index in [2.05, 4.69) is 30.6 Å². The minimum atomic E-state index is 1.000. The number of nitrogens with zero attached hydrogens (tertiary/aromatic N) is 2. The number of rotatable bonds is 5. The van der Waals surface area contributed by atoms with Gasteiger partial charge in [0.05, 0.1) is 5.69 Å². The third-order valence-corrected chi connectivity index (χ3v) is 4.75. The topological polar surface area (TPSA) is 16.1 Å². The van der Waals surface area contributed by atoms with Gasteiger partial charge in [0, 0.05) is 18.7 Å². The number of piperidine rings is 1. The van der Waals surface area contributed by atoms with Gasteiger partial charge < -0.3 is 4.90 Å². The Morgan fingerprint density at radius 2 is 2.10 bits per heavy atom. The van der Waals surface area contributed by atoms with E-state index in [0.717, 1.165) is 17.0 Å². The Hall–Kier alpha value is -1.35. The molecule has 2 rings (SSSR count). The van der Waals surface area contributed by atoms with Gasteiger partial charge in [0.1, 0.15) is 10.0 Å². The molecule has 0 saturated carbocycles. The molecule has 0 bridgehead atoms. The molecule has 0 aliphatic carbocycles. The Kier molecular flexibility index (Phi) is 5.60. The Morgan fingerprint density at radius 3 is 2.70 bits per heavy atom. The highest BCUT2D eigenvalue weighted by molar-refractivity contribution is 7.17. The van der Waals surface area contributed by atoms with Crippen LogP contribution in [0.2, 0.25) is 0 Å². The average molecular weight is 288 g/mol. The maximum atomic E-state index is 4.85. The van der Waals surface area contributed by atoms with E-state index >= 15 is 0 Å². The molecular weight excluding hydrogens is 264 g/mol. The van der Waals surface area contributed by atoms with E-state index in [1.807, 2.05) is 30.4 Å². The van der Waals surface area contributed by atoms with Crippen LogP contribution in [0.5, 0.6) is 0 Å². The Labute approximate surface area is 126 Å². The Morgan fingerprint density at radius 1 is 1.35 bits per heavy atom. The second-order valence-electron chi connectivity index (χ2n) is 5.03. The molecule has 1 aliphatic heterocycles. The van der Waals surface area contributed by atoms with Crippen LogP contribution in [0, 0.1) is 0 Å². The van der Waals surface area contributed by atoms with Crippen molar-refractivity contribution < 1.29 is 0 Å². The fourth-order valence-corrected chi connectivity index (χ4v) is 3.76. The van der Waals surface area contributed by atoms with Crippen molar-refractivity contribution in [1.29, 1.82) is 0 Å². The fraction of sp³-hybridized carbons (Fsp3) is 0.471. The molecule has 0 aromatic carbocycles. The van der Waals surface area contributed by atoms with Crippen molar-refractivity contribution in [3.05, 3.63) is 41.6 Å². The van der Waals surface area contributed by atoms with E-state index in [4.69, 9.17) is 4.98 Å². The minimum absolute atomic E-state index is 1.000. The molecule has 3 heteroatoms. The van der Waals surface area contributed by atoms with Crippen LogP contribution in [0.4, 0.5) is 5.00 Å². The second-order valence-corrected chi connectivity index (χ2v) is 6.01. The first kappa shape index (κ1) is 15.0. The molecule has 0 radical (unpaired) electrons. The Bertz CT molecular complexity index is 505. The summed E-state index contributed by atoms with van der Waals surface area (Å²) in [5.74, 6) is 0. The van der Waals surface area contributed by atoms with Crippen molar-refractivity contribution in [1.82, 2.24) is 4.98 Å². The summed E-state index contributed by atoms with van der Waals surface area (Å²) >= 11 is 1.83. The zero-order valence-electron chi connectivity index (χ0n) is 12.6. The van der Waals surface area contributed by atoms with E-state index in [1.54, 1.807) is 0 Å². The second kappa shape index (κ2) is 7.44. The zero-order chi connectivity index (χ0) is 14.4. The third-order valence-electron chi connectivity index (χ3n) is 3.55. The monoisotopic (exact) mass is 288 g/mol. The summed E-state index contributed by atoms with van der Waals surface area (Å²) in [6, 6.07) is 0. The normalized spacial score (nSPS) is 16.9. The van der Waals surface area contributed by atoms with Gasteiger partial charge >= 0.3 is 0 Å². The maximum absolute atomic E-state index is 4.85. The van der Waals surface area contributed by atoms with Gasteiger partial charge in [-0.2, -0.15) is 0 Å². The molecule has 2 heterocycles. The van der Waals surface area contributed by atoms with Crippen LogP contribution >= 0.6 is 11.3 Å². The summed E-state index contributed by atoms with van der Waals surface area (Å²) in [5.41, 5.74) is 2.40. The van der Waals surface area contributed by atoms with Crippen LogP contribution in [0.3, 0.4) is 0 Å². The molecule has 1 aliphatic rings. The molecule has 2 nitrogen and oxygen atoms in total. The van der Waals surface area contributed by atoms with Crippen LogP contribution in [0.1, 0.15) is 43.8 Å². The number of aromatic nitrogens is 1. The lowest BCUT2D eigenvalue weighted by Crippen LogP contribution is -2.29. The highest BCUT2D eigenvalue weighted by atomic mass is 32.1. The number of allylic oxidation sites excluding steroid dienone is 5. The molecule has 20 heavy (non-hydrogen) atoms. The van der Waals surface area contributed by atoms with Crippen molar-refractivity contribution >= 4 is 21.9 Å². The molecule has 1 fully saturated rings. The number of hydrogen-bond acceptors (Lipinski definition) is 3. The predicted octanol–water partition coefficient (Wildman–Crippen LogP) is 4.84. The molecule has 1 aromatic heterocycles. The van der Waals surface area contributed by atoms with Gasteiger partial charge in [0.2, 0.25) is 0 Å². The summed E-state index contributed by atoms with van der Waals surface area (Å²) in [4.78, 5) is 7.37. The maximum Gasteiger partial charge on any atom is 0.125 e. The summed E-state index contributed by atoms with van der Waals surface area (Å²) in [6.45, 7) is 10.4. The van der Waals surface area contributed by atoms with Gasteiger partial charge in [-0.1, -0.05) is 49.1 Å². The number of anilines is 1. The highest BCUT2D eigenvalue weighted by Crippen LogP contribution is 2.34. The molecular formula is C17H24N2S. The van der Waals surface area contributed by atoms with E-state index < -0.39 is 0 Å². The van der Waals surface area contributed by atoms with Crippen molar-refractivity contribution in [2.75, 3.05) is 18.0 Å². The molecule has 0 N–H and O–H groups in total. The van der Waals surface area contributed by atoms with E-state index in [1.165, 1.54) is 43.0 Å². The van der Waals surface area contributed by atoms with Crippen molar-refractivity contribution in [3.63, 3.8) is 0 Å². The lowest BCUT2D eigenvalue weighted by molar-refractivity contribution is 0.579. The van der Waals surface area contributed by atoms with Crippen LogP contribution in [-0.4, -0.2) is 18.1 Å². The van der Waals surface area contributed by atoms with E-state index in [9.17, 15) is 0 Å². The van der Waals surface area contributed by atoms with E-state index in [-0.39, 0.29) is 0 Å². The zero-order valence-corrected chi connectivity index (χ0v) is 13.4. The summed E-state index contributed by atoms with van der Waals surface area (Å²) in [7, 11) is 0. The van der Waals surface area contributed by atoms with Gasteiger partial charge in [-0.25, -0.2) is 4.98 Å². The minimum Gasteiger partial charge on any atom is -0.362 e. The lowest BCUT2D eigenvalue weighted by Gasteiger charge is -2.27. The molecule has 0 amide bonds. The van der Waals surface area contributed by atoms with Gasteiger partial charge in [-0.15, -0.1) is 0 Å². The van der Waals surface area contributed by atoms with Crippen molar-refractivity contribution in [2.45, 2.75) is 39.5 Å². The van der Waals surface area contributed by atoms with Crippen LogP contribution in [-0.2, 0) is 6.42 Å². The number of thiazole rings is 1. The quantitative estimate of drug-likeness (QED) is 0.721. The van der Waals surface area contributed by atoms with Crippen molar-refractivity contribution in [3.8, 4) is 0 Å².